The molecule has 0 fully saturated rings. The molecule has 0 saturated carbocycles. The lowest BCUT2D eigenvalue weighted by Crippen LogP contribution is -2.35. The van der Waals surface area contributed by atoms with Gasteiger partial charge in [-0.3, -0.25) is 14.5 Å². The van der Waals surface area contributed by atoms with Crippen molar-refractivity contribution in [1.82, 2.24) is 4.90 Å². The summed E-state index contributed by atoms with van der Waals surface area (Å²) in [5.74, 6) is -0.473. The number of unbranched alkanes of at least 4 members (excludes halogenated alkanes) is 3. The van der Waals surface area contributed by atoms with Crippen LogP contribution in [0.1, 0.15) is 38.2 Å². The summed E-state index contributed by atoms with van der Waals surface area (Å²) >= 11 is 6.02. The minimum atomic E-state index is -0.238. The van der Waals surface area contributed by atoms with Gasteiger partial charge in [0.15, 0.2) is 0 Å². The molecule has 146 valence electrons. The summed E-state index contributed by atoms with van der Waals surface area (Å²) < 4.78 is 0. The van der Waals surface area contributed by atoms with Crippen molar-refractivity contribution in [1.29, 1.82) is 0 Å². The van der Waals surface area contributed by atoms with Gasteiger partial charge in [0.25, 0.3) is 11.8 Å². The van der Waals surface area contributed by atoms with Crippen molar-refractivity contribution < 1.29 is 9.59 Å². The first-order valence-corrected chi connectivity index (χ1v) is 10.1. The van der Waals surface area contributed by atoms with Crippen molar-refractivity contribution in [3.05, 3.63) is 70.9 Å². The fourth-order valence-electron chi connectivity index (χ4n) is 3.43. The van der Waals surface area contributed by atoms with Gasteiger partial charge >= 0.3 is 0 Å². The molecule has 0 atom stereocenters. The zero-order chi connectivity index (χ0) is 20.1. The smallest absolute Gasteiger partial charge is 0.278 e. The van der Waals surface area contributed by atoms with Gasteiger partial charge in [-0.2, -0.15) is 0 Å². The van der Waals surface area contributed by atoms with Crippen LogP contribution in [0.5, 0.6) is 0 Å². The van der Waals surface area contributed by atoms with E-state index >= 15 is 0 Å². The van der Waals surface area contributed by atoms with Gasteiger partial charge in [-0.25, -0.2) is 0 Å². The number of imide groups is 1. The number of carbonyl (C=O) groups excluding carboxylic acids is 2. The second kappa shape index (κ2) is 9.07. The maximum atomic E-state index is 13.2. The van der Waals surface area contributed by atoms with Gasteiger partial charge in [-0.05, 0) is 36.2 Å². The number of likely N-dealkylation sites (N-methyl/N-ethyl adjacent to an activating group) is 1. The lowest BCUT2D eigenvalue weighted by molar-refractivity contribution is -0.136. The minimum Gasteiger partial charge on any atom is -0.339 e. The average molecular weight is 397 g/mol. The topological polar surface area (TPSA) is 40.6 Å². The van der Waals surface area contributed by atoms with Crippen LogP contribution in [0.4, 0.5) is 5.69 Å². The molecule has 0 aromatic heterocycles. The van der Waals surface area contributed by atoms with E-state index in [0.717, 1.165) is 31.4 Å². The van der Waals surface area contributed by atoms with Crippen LogP contribution in [-0.2, 0) is 9.59 Å². The van der Waals surface area contributed by atoms with E-state index in [1.54, 1.807) is 29.2 Å². The summed E-state index contributed by atoms with van der Waals surface area (Å²) in [4.78, 5) is 29.6. The molecule has 2 aromatic rings. The lowest BCUT2D eigenvalue weighted by atomic mass is 10.0. The second-order valence-corrected chi connectivity index (χ2v) is 7.38. The summed E-state index contributed by atoms with van der Waals surface area (Å²) in [6.07, 6.45) is 4.04. The number of para-hydroxylation sites is 1. The predicted octanol–water partition coefficient (Wildman–Crippen LogP) is 5.14. The highest BCUT2D eigenvalue weighted by Crippen LogP contribution is 2.34. The van der Waals surface area contributed by atoms with Crippen molar-refractivity contribution in [2.75, 3.05) is 18.5 Å². The van der Waals surface area contributed by atoms with Crippen molar-refractivity contribution in [2.45, 2.75) is 32.6 Å². The normalized spacial score (nSPS) is 14.2. The molecule has 2 amide bonds. The Morgan fingerprint density at radius 1 is 0.893 bits per heavy atom. The number of nitrogens with zero attached hydrogens (tertiary/aromatic N) is 2. The van der Waals surface area contributed by atoms with Crippen molar-refractivity contribution in [3.63, 3.8) is 0 Å². The van der Waals surface area contributed by atoms with Crippen LogP contribution >= 0.6 is 11.6 Å². The fourth-order valence-corrected chi connectivity index (χ4v) is 3.56. The summed E-state index contributed by atoms with van der Waals surface area (Å²) in [5.41, 5.74) is 2.41. The summed E-state index contributed by atoms with van der Waals surface area (Å²) in [6, 6.07) is 16.7. The molecule has 0 unspecified atom stereocenters. The molecule has 28 heavy (non-hydrogen) atoms. The van der Waals surface area contributed by atoms with Crippen molar-refractivity contribution in [3.8, 4) is 0 Å². The van der Waals surface area contributed by atoms with Crippen molar-refractivity contribution >= 4 is 34.7 Å². The second-order valence-electron chi connectivity index (χ2n) is 6.95. The molecule has 3 rings (SSSR count). The van der Waals surface area contributed by atoms with E-state index in [4.69, 9.17) is 11.6 Å². The highest BCUT2D eigenvalue weighted by Gasteiger charge is 2.40. The number of halogens is 1. The zero-order valence-electron chi connectivity index (χ0n) is 16.3. The van der Waals surface area contributed by atoms with E-state index in [9.17, 15) is 9.59 Å². The summed E-state index contributed by atoms with van der Waals surface area (Å²) in [6.45, 7) is 2.58. The third-order valence-corrected chi connectivity index (χ3v) is 5.24. The van der Waals surface area contributed by atoms with Gasteiger partial charge < -0.3 is 4.90 Å². The number of benzene rings is 2. The van der Waals surface area contributed by atoms with Gasteiger partial charge in [0.2, 0.25) is 0 Å². The zero-order valence-corrected chi connectivity index (χ0v) is 17.1. The van der Waals surface area contributed by atoms with Gasteiger partial charge in [-0.15, -0.1) is 0 Å². The van der Waals surface area contributed by atoms with Crippen LogP contribution in [0.2, 0.25) is 5.02 Å². The molecule has 0 saturated heterocycles. The maximum absolute atomic E-state index is 13.2. The van der Waals surface area contributed by atoms with Crippen LogP contribution in [-0.4, -0.2) is 30.3 Å². The standard InChI is InChI=1S/C23H25ClN2O2/c1-3-4-5-9-16-26-22(27)20(17-12-14-18(24)15-13-17)21(23(26)28)25(2)19-10-7-6-8-11-19/h6-8,10-15H,3-5,9,16H2,1-2H3. The van der Waals surface area contributed by atoms with Crippen LogP contribution in [0.15, 0.2) is 60.3 Å². The van der Waals surface area contributed by atoms with Gasteiger partial charge in [0.05, 0.1) is 5.57 Å². The molecule has 0 N–H and O–H groups in total. The Morgan fingerprint density at radius 3 is 2.21 bits per heavy atom. The Bertz CT molecular complexity index is 875. The maximum Gasteiger partial charge on any atom is 0.278 e. The molecule has 2 aromatic carbocycles. The fraction of sp³-hybridized carbons (Fsp3) is 0.304. The van der Waals surface area contributed by atoms with E-state index in [0.29, 0.717) is 28.4 Å². The van der Waals surface area contributed by atoms with Crippen molar-refractivity contribution in [2.24, 2.45) is 0 Å². The Morgan fingerprint density at radius 2 is 1.57 bits per heavy atom. The summed E-state index contributed by atoms with van der Waals surface area (Å²) in [7, 11) is 1.83. The summed E-state index contributed by atoms with van der Waals surface area (Å²) in [5, 5.41) is 0.593. The van der Waals surface area contributed by atoms with E-state index in [-0.39, 0.29) is 11.8 Å². The van der Waals surface area contributed by atoms with E-state index in [2.05, 4.69) is 6.92 Å². The molecule has 5 heteroatoms. The number of hydrogen-bond donors (Lipinski definition) is 0. The van der Waals surface area contributed by atoms with Crippen LogP contribution < -0.4 is 4.90 Å². The van der Waals surface area contributed by atoms with Crippen LogP contribution in [0, 0.1) is 0 Å². The monoisotopic (exact) mass is 396 g/mol. The van der Waals surface area contributed by atoms with Crippen LogP contribution in [0.25, 0.3) is 5.57 Å². The van der Waals surface area contributed by atoms with Gasteiger partial charge in [0.1, 0.15) is 5.70 Å². The quantitative estimate of drug-likeness (QED) is 0.458. The average Bonchev–Trinajstić information content (AvgIpc) is 2.96. The predicted molar refractivity (Wildman–Crippen MR) is 114 cm³/mol. The Labute approximate surface area is 171 Å². The Hall–Kier alpha value is -2.59. The van der Waals surface area contributed by atoms with E-state index in [1.807, 2.05) is 37.4 Å². The molecular formula is C23H25ClN2O2. The van der Waals surface area contributed by atoms with Gasteiger partial charge in [-0.1, -0.05) is 68.1 Å². The highest BCUT2D eigenvalue weighted by molar-refractivity contribution is 6.37. The molecule has 1 aliphatic heterocycles. The molecule has 1 aliphatic rings. The molecule has 1 heterocycles. The SMILES string of the molecule is CCCCCCN1C(=O)C(c2ccc(Cl)cc2)=C(N(C)c2ccccc2)C1=O. The Balaban J connectivity index is 1.99. The Kier molecular flexibility index (Phi) is 6.53. The molecule has 4 nitrogen and oxygen atoms in total. The lowest BCUT2D eigenvalue weighted by Gasteiger charge is -2.21. The molecule has 0 spiro atoms. The molecule has 0 radical (unpaired) electrons. The largest absolute Gasteiger partial charge is 0.339 e. The van der Waals surface area contributed by atoms with E-state index in [1.165, 1.54) is 4.90 Å². The minimum absolute atomic E-state index is 0.235. The van der Waals surface area contributed by atoms with Crippen LogP contribution in [0.3, 0.4) is 0 Å². The first kappa shape index (κ1) is 20.2. The highest BCUT2D eigenvalue weighted by atomic mass is 35.5. The third kappa shape index (κ3) is 4.12. The number of anilines is 1. The van der Waals surface area contributed by atoms with E-state index < -0.39 is 0 Å². The molecular weight excluding hydrogens is 372 g/mol. The molecule has 0 aliphatic carbocycles. The third-order valence-electron chi connectivity index (χ3n) is 4.99. The number of amides is 2. The molecule has 0 bridgehead atoms. The number of hydrogen-bond acceptors (Lipinski definition) is 3. The number of rotatable bonds is 8. The first-order valence-electron chi connectivity index (χ1n) is 9.69. The number of carbonyl (C=O) groups is 2. The van der Waals surface area contributed by atoms with Gasteiger partial charge in [0, 0.05) is 24.3 Å². The first-order chi connectivity index (χ1) is 13.5.